The lowest BCUT2D eigenvalue weighted by Crippen LogP contribution is -2.35. The van der Waals surface area contributed by atoms with Gasteiger partial charge in [0.2, 0.25) is 0 Å². The molecule has 0 aliphatic heterocycles. The molecule has 1 aromatic carbocycles. The second-order valence-corrected chi connectivity index (χ2v) is 5.44. The number of aliphatic hydroxyl groups excluding tert-OH is 1. The quantitative estimate of drug-likeness (QED) is 0.843. The predicted molar refractivity (Wildman–Crippen MR) is 78.2 cm³/mol. The van der Waals surface area contributed by atoms with E-state index in [1.54, 1.807) is 19.1 Å². The molecule has 0 bridgehead atoms. The molecule has 0 aromatic heterocycles. The average molecular weight is 330 g/mol. The van der Waals surface area contributed by atoms with E-state index in [1.165, 1.54) is 0 Å². The van der Waals surface area contributed by atoms with E-state index >= 15 is 0 Å². The Labute approximate surface area is 122 Å². The minimum absolute atomic E-state index is 0.0499. The van der Waals surface area contributed by atoms with Gasteiger partial charge in [-0.15, -0.1) is 0 Å². The van der Waals surface area contributed by atoms with E-state index < -0.39 is 6.10 Å². The van der Waals surface area contributed by atoms with Gasteiger partial charge in [-0.1, -0.05) is 22.9 Å². The van der Waals surface area contributed by atoms with Crippen LogP contribution in [0.4, 0.5) is 0 Å². The van der Waals surface area contributed by atoms with Gasteiger partial charge >= 0.3 is 0 Å². The number of nitrogens with one attached hydrogen (secondary N) is 1. The lowest BCUT2D eigenvalue weighted by atomic mass is 10.1. The molecule has 19 heavy (non-hydrogen) atoms. The van der Waals surface area contributed by atoms with Crippen molar-refractivity contribution in [2.45, 2.75) is 39.3 Å². The van der Waals surface area contributed by atoms with Crippen molar-refractivity contribution in [2.75, 3.05) is 6.61 Å². The zero-order valence-corrected chi connectivity index (χ0v) is 13.0. The highest BCUT2D eigenvalue weighted by molar-refractivity contribution is 9.10. The Morgan fingerprint density at radius 1 is 1.47 bits per heavy atom. The topological polar surface area (TPSA) is 58.6 Å². The highest BCUT2D eigenvalue weighted by Crippen LogP contribution is 2.28. The van der Waals surface area contributed by atoms with Crippen molar-refractivity contribution in [1.29, 1.82) is 0 Å². The van der Waals surface area contributed by atoms with Gasteiger partial charge in [-0.05, 0) is 38.5 Å². The second-order valence-electron chi connectivity index (χ2n) is 4.52. The maximum atomic E-state index is 11.6. The Bertz CT molecular complexity index is 435. The van der Waals surface area contributed by atoms with Crippen LogP contribution < -0.4 is 10.1 Å². The van der Waals surface area contributed by atoms with Crippen LogP contribution in [0, 0.1) is 0 Å². The van der Waals surface area contributed by atoms with Crippen molar-refractivity contribution in [2.24, 2.45) is 0 Å². The Morgan fingerprint density at radius 3 is 2.74 bits per heavy atom. The van der Waals surface area contributed by atoms with Crippen molar-refractivity contribution in [3.05, 3.63) is 28.2 Å². The number of aliphatic hydroxyl groups is 1. The fourth-order valence-corrected chi connectivity index (χ4v) is 1.92. The molecule has 0 fully saturated rings. The van der Waals surface area contributed by atoms with Gasteiger partial charge in [-0.2, -0.15) is 0 Å². The van der Waals surface area contributed by atoms with Gasteiger partial charge in [0.25, 0.3) is 5.91 Å². The number of amides is 1. The van der Waals surface area contributed by atoms with Gasteiger partial charge < -0.3 is 15.2 Å². The minimum Gasteiger partial charge on any atom is -0.483 e. The molecule has 0 radical (unpaired) electrons. The molecule has 1 unspecified atom stereocenters. The molecular formula is C14H20BrNO3. The number of halogens is 1. The Balaban J connectivity index is 2.65. The molecule has 0 heterocycles. The molecule has 0 saturated heterocycles. The molecule has 1 aromatic rings. The SMILES string of the molecule is CCC(C)NC(=O)COc1ccc(Br)cc1[C@H](C)O. The van der Waals surface area contributed by atoms with Crippen molar-refractivity contribution < 1.29 is 14.6 Å². The first-order valence-electron chi connectivity index (χ1n) is 6.33. The second kappa shape index (κ2) is 7.50. The fourth-order valence-electron chi connectivity index (χ4n) is 1.54. The molecular weight excluding hydrogens is 310 g/mol. The number of rotatable bonds is 6. The summed E-state index contributed by atoms with van der Waals surface area (Å²) in [5, 5.41) is 12.5. The van der Waals surface area contributed by atoms with Crippen LogP contribution in [0.15, 0.2) is 22.7 Å². The summed E-state index contributed by atoms with van der Waals surface area (Å²) < 4.78 is 6.33. The zero-order valence-electron chi connectivity index (χ0n) is 11.4. The highest BCUT2D eigenvalue weighted by atomic mass is 79.9. The fraction of sp³-hybridized carbons (Fsp3) is 0.500. The van der Waals surface area contributed by atoms with E-state index in [9.17, 15) is 9.90 Å². The van der Waals surface area contributed by atoms with Crippen LogP contribution in [0.1, 0.15) is 38.9 Å². The number of ether oxygens (including phenoxy) is 1. The van der Waals surface area contributed by atoms with Gasteiger partial charge in [0.05, 0.1) is 6.10 Å². The van der Waals surface area contributed by atoms with Gasteiger partial charge in [0, 0.05) is 16.1 Å². The largest absolute Gasteiger partial charge is 0.483 e. The first-order valence-corrected chi connectivity index (χ1v) is 7.13. The first kappa shape index (κ1) is 16.0. The standard InChI is InChI=1S/C14H20BrNO3/c1-4-9(2)16-14(18)8-19-13-6-5-11(15)7-12(13)10(3)17/h5-7,9-10,17H,4,8H2,1-3H3,(H,16,18)/t9?,10-/m0/s1. The summed E-state index contributed by atoms with van der Waals surface area (Å²) >= 11 is 3.34. The summed E-state index contributed by atoms with van der Waals surface area (Å²) in [6.45, 7) is 5.56. The summed E-state index contributed by atoms with van der Waals surface area (Å²) in [6.07, 6.45) is 0.230. The third-order valence-electron chi connectivity index (χ3n) is 2.80. The maximum Gasteiger partial charge on any atom is 0.258 e. The number of hydrogen-bond donors (Lipinski definition) is 2. The van der Waals surface area contributed by atoms with Gasteiger partial charge in [-0.25, -0.2) is 0 Å². The van der Waals surface area contributed by atoms with E-state index in [0.29, 0.717) is 11.3 Å². The van der Waals surface area contributed by atoms with Crippen molar-refractivity contribution in [1.82, 2.24) is 5.32 Å². The van der Waals surface area contributed by atoms with E-state index in [0.717, 1.165) is 10.9 Å². The molecule has 5 heteroatoms. The van der Waals surface area contributed by atoms with E-state index in [4.69, 9.17) is 4.74 Å². The normalized spacial score (nSPS) is 13.7. The molecule has 106 valence electrons. The monoisotopic (exact) mass is 329 g/mol. The van der Waals surface area contributed by atoms with Crippen LogP contribution in [-0.4, -0.2) is 23.7 Å². The third kappa shape index (κ3) is 5.20. The third-order valence-corrected chi connectivity index (χ3v) is 3.29. The van der Waals surface area contributed by atoms with Crippen LogP contribution in [0.2, 0.25) is 0 Å². The summed E-state index contributed by atoms with van der Waals surface area (Å²) in [7, 11) is 0. The molecule has 2 N–H and O–H groups in total. The van der Waals surface area contributed by atoms with Crippen LogP contribution >= 0.6 is 15.9 Å². The summed E-state index contributed by atoms with van der Waals surface area (Å²) in [5.74, 6) is 0.367. The predicted octanol–water partition coefficient (Wildman–Crippen LogP) is 2.80. The smallest absolute Gasteiger partial charge is 0.258 e. The van der Waals surface area contributed by atoms with Crippen molar-refractivity contribution >= 4 is 21.8 Å². The summed E-state index contributed by atoms with van der Waals surface area (Å²) in [4.78, 5) is 11.6. The number of carbonyl (C=O) groups excluding carboxylic acids is 1. The van der Waals surface area contributed by atoms with Crippen LogP contribution in [-0.2, 0) is 4.79 Å². The molecule has 0 aliphatic carbocycles. The number of benzene rings is 1. The van der Waals surface area contributed by atoms with Gasteiger partial charge in [0.15, 0.2) is 6.61 Å². The molecule has 0 saturated carbocycles. The lowest BCUT2D eigenvalue weighted by molar-refractivity contribution is -0.123. The molecule has 0 spiro atoms. The Hall–Kier alpha value is -1.07. The van der Waals surface area contributed by atoms with Gasteiger partial charge in [0.1, 0.15) is 5.75 Å². The molecule has 4 nitrogen and oxygen atoms in total. The molecule has 1 rings (SSSR count). The Kier molecular flexibility index (Phi) is 6.31. The lowest BCUT2D eigenvalue weighted by Gasteiger charge is -2.15. The van der Waals surface area contributed by atoms with Gasteiger partial charge in [-0.3, -0.25) is 4.79 Å². The van der Waals surface area contributed by atoms with Crippen molar-refractivity contribution in [3.8, 4) is 5.75 Å². The van der Waals surface area contributed by atoms with E-state index in [-0.39, 0.29) is 18.6 Å². The highest BCUT2D eigenvalue weighted by Gasteiger charge is 2.12. The van der Waals surface area contributed by atoms with E-state index in [1.807, 2.05) is 19.9 Å². The van der Waals surface area contributed by atoms with E-state index in [2.05, 4.69) is 21.2 Å². The molecule has 0 aliphatic rings. The maximum absolute atomic E-state index is 11.6. The van der Waals surface area contributed by atoms with Crippen molar-refractivity contribution in [3.63, 3.8) is 0 Å². The number of hydrogen-bond acceptors (Lipinski definition) is 3. The van der Waals surface area contributed by atoms with Crippen LogP contribution in [0.5, 0.6) is 5.75 Å². The van der Waals surface area contributed by atoms with Crippen LogP contribution in [0.3, 0.4) is 0 Å². The average Bonchev–Trinajstić information content (AvgIpc) is 2.36. The summed E-state index contributed by atoms with van der Waals surface area (Å²) in [6, 6.07) is 5.47. The van der Waals surface area contributed by atoms with Crippen LogP contribution in [0.25, 0.3) is 0 Å². The zero-order chi connectivity index (χ0) is 14.4. The first-order chi connectivity index (χ1) is 8.93. The Morgan fingerprint density at radius 2 is 2.16 bits per heavy atom. The summed E-state index contributed by atoms with van der Waals surface area (Å²) in [5.41, 5.74) is 0.658. The molecule has 2 atom stereocenters. The molecule has 1 amide bonds. The minimum atomic E-state index is -0.648. The number of carbonyl (C=O) groups is 1.